The van der Waals surface area contributed by atoms with Crippen LogP contribution in [0.3, 0.4) is 0 Å². The molecule has 0 aliphatic carbocycles. The molecule has 8 heteroatoms. The molecule has 1 heterocycles. The number of halogens is 1. The lowest BCUT2D eigenvalue weighted by Gasteiger charge is -2.18. The van der Waals surface area contributed by atoms with Crippen LogP contribution in [0.5, 0.6) is 0 Å². The summed E-state index contributed by atoms with van der Waals surface area (Å²) in [6.45, 7) is 0.305. The summed E-state index contributed by atoms with van der Waals surface area (Å²) in [5.41, 5.74) is 1.11. The highest BCUT2D eigenvalue weighted by molar-refractivity contribution is 9.10. The van der Waals surface area contributed by atoms with Crippen molar-refractivity contribution in [3.05, 3.63) is 28.2 Å². The van der Waals surface area contributed by atoms with Crippen LogP contribution >= 0.6 is 15.9 Å². The van der Waals surface area contributed by atoms with E-state index in [1.54, 1.807) is 18.2 Å². The van der Waals surface area contributed by atoms with Crippen LogP contribution in [-0.4, -0.2) is 26.6 Å². The minimum absolute atomic E-state index is 0.149. The van der Waals surface area contributed by atoms with Gasteiger partial charge < -0.3 is 4.90 Å². The lowest BCUT2D eigenvalue weighted by Crippen LogP contribution is -2.27. The van der Waals surface area contributed by atoms with Gasteiger partial charge in [0.15, 0.2) is 0 Å². The first kappa shape index (κ1) is 15.0. The Bertz CT molecular complexity index is 696. The lowest BCUT2D eigenvalue weighted by molar-refractivity contribution is -0.117. The van der Waals surface area contributed by atoms with Gasteiger partial charge in [-0.05, 0) is 34.1 Å². The van der Waals surface area contributed by atoms with Crippen molar-refractivity contribution in [2.75, 3.05) is 17.2 Å². The van der Waals surface area contributed by atoms with Crippen molar-refractivity contribution in [1.82, 2.24) is 0 Å². The highest BCUT2D eigenvalue weighted by Crippen LogP contribution is 2.32. The molecular weight excluding hydrogens is 346 g/mol. The van der Waals surface area contributed by atoms with E-state index >= 15 is 0 Å². The second-order valence-electron chi connectivity index (χ2n) is 4.68. The Morgan fingerprint density at radius 3 is 2.75 bits per heavy atom. The topological polar surface area (TPSA) is 104 Å². The van der Waals surface area contributed by atoms with Crippen LogP contribution in [0.25, 0.3) is 0 Å². The number of nitrogens with two attached hydrogens (primary N) is 1. The van der Waals surface area contributed by atoms with Gasteiger partial charge in [-0.25, -0.2) is 13.6 Å². The number of hydrogen-bond donors (Lipinski definition) is 1. The number of nitriles is 1. The zero-order valence-corrected chi connectivity index (χ0v) is 12.8. The fourth-order valence-corrected chi connectivity index (χ4v) is 3.72. The maximum absolute atomic E-state index is 12.0. The molecule has 0 radical (unpaired) electrons. The van der Waals surface area contributed by atoms with Crippen molar-refractivity contribution in [1.29, 1.82) is 5.26 Å². The van der Waals surface area contributed by atoms with Gasteiger partial charge in [0.1, 0.15) is 0 Å². The SMILES string of the molecule is N#Cc1ccc(N2CC(CS(N)(=O)=O)CC2=O)c(Br)c1. The summed E-state index contributed by atoms with van der Waals surface area (Å²) >= 11 is 3.32. The zero-order chi connectivity index (χ0) is 14.9. The van der Waals surface area contributed by atoms with Gasteiger partial charge in [-0.15, -0.1) is 0 Å². The number of benzene rings is 1. The monoisotopic (exact) mass is 357 g/mol. The quantitative estimate of drug-likeness (QED) is 0.869. The third-order valence-corrected chi connectivity index (χ3v) is 4.61. The maximum atomic E-state index is 12.0. The molecule has 0 aromatic heterocycles. The fourth-order valence-electron chi connectivity index (χ4n) is 2.25. The number of hydrogen-bond acceptors (Lipinski definition) is 4. The Kier molecular flexibility index (Phi) is 4.13. The molecule has 1 aliphatic rings. The van der Waals surface area contributed by atoms with Crippen molar-refractivity contribution in [3.8, 4) is 6.07 Å². The average molecular weight is 358 g/mol. The predicted octanol–water partition coefficient (Wildman–Crippen LogP) is 0.962. The number of rotatable bonds is 3. The van der Waals surface area contributed by atoms with E-state index in [-0.39, 0.29) is 24.0 Å². The summed E-state index contributed by atoms with van der Waals surface area (Å²) in [4.78, 5) is 13.5. The number of amides is 1. The molecule has 0 bridgehead atoms. The van der Waals surface area contributed by atoms with E-state index in [1.165, 1.54) is 4.90 Å². The minimum Gasteiger partial charge on any atom is -0.311 e. The molecule has 2 N–H and O–H groups in total. The number of anilines is 1. The number of carbonyl (C=O) groups excluding carboxylic acids is 1. The van der Waals surface area contributed by atoms with Gasteiger partial charge in [0.25, 0.3) is 0 Å². The van der Waals surface area contributed by atoms with Crippen LogP contribution in [0.1, 0.15) is 12.0 Å². The largest absolute Gasteiger partial charge is 0.311 e. The van der Waals surface area contributed by atoms with Gasteiger partial charge in [-0.2, -0.15) is 5.26 Å². The van der Waals surface area contributed by atoms with E-state index < -0.39 is 10.0 Å². The Morgan fingerprint density at radius 2 is 2.20 bits per heavy atom. The fraction of sp³-hybridized carbons (Fsp3) is 0.333. The Labute approximate surface area is 125 Å². The third-order valence-electron chi connectivity index (χ3n) is 3.04. The van der Waals surface area contributed by atoms with Gasteiger partial charge in [0, 0.05) is 23.4 Å². The molecule has 20 heavy (non-hydrogen) atoms. The van der Waals surface area contributed by atoms with Crippen molar-refractivity contribution >= 4 is 37.5 Å². The van der Waals surface area contributed by atoms with Crippen LogP contribution in [0.15, 0.2) is 22.7 Å². The van der Waals surface area contributed by atoms with Crippen molar-refractivity contribution < 1.29 is 13.2 Å². The maximum Gasteiger partial charge on any atom is 0.227 e. The summed E-state index contributed by atoms with van der Waals surface area (Å²) in [6.07, 6.45) is 0.156. The van der Waals surface area contributed by atoms with Crippen LogP contribution < -0.4 is 10.0 Å². The van der Waals surface area contributed by atoms with Gasteiger partial charge in [-0.3, -0.25) is 4.79 Å². The molecule has 1 aromatic carbocycles. The summed E-state index contributed by atoms with van der Waals surface area (Å²) in [5.74, 6) is -0.660. The highest BCUT2D eigenvalue weighted by Gasteiger charge is 2.33. The van der Waals surface area contributed by atoms with Crippen molar-refractivity contribution in [2.45, 2.75) is 6.42 Å². The zero-order valence-electron chi connectivity index (χ0n) is 10.4. The molecule has 1 fully saturated rings. The molecule has 1 amide bonds. The first-order chi connectivity index (χ1) is 9.30. The van der Waals surface area contributed by atoms with Crippen molar-refractivity contribution in [3.63, 3.8) is 0 Å². The molecule has 106 valence electrons. The van der Waals surface area contributed by atoms with Crippen LogP contribution in [0.2, 0.25) is 0 Å². The molecule has 1 aromatic rings. The van der Waals surface area contributed by atoms with E-state index in [0.29, 0.717) is 22.3 Å². The molecule has 0 saturated carbocycles. The van der Waals surface area contributed by atoms with Gasteiger partial charge in [0.2, 0.25) is 15.9 Å². The Hall–Kier alpha value is -1.43. The molecule has 0 spiro atoms. The Balaban J connectivity index is 2.22. The van der Waals surface area contributed by atoms with E-state index in [2.05, 4.69) is 15.9 Å². The number of nitrogens with zero attached hydrogens (tertiary/aromatic N) is 2. The summed E-state index contributed by atoms with van der Waals surface area (Å²) in [5, 5.41) is 13.8. The molecule has 1 atom stereocenters. The molecule has 1 aliphatic heterocycles. The van der Waals surface area contributed by atoms with Crippen LogP contribution in [-0.2, 0) is 14.8 Å². The average Bonchev–Trinajstić information content (AvgIpc) is 2.67. The smallest absolute Gasteiger partial charge is 0.227 e. The highest BCUT2D eigenvalue weighted by atomic mass is 79.9. The predicted molar refractivity (Wildman–Crippen MR) is 77.3 cm³/mol. The van der Waals surface area contributed by atoms with E-state index in [9.17, 15) is 13.2 Å². The second-order valence-corrected chi connectivity index (χ2v) is 7.20. The standard InChI is InChI=1S/C12H12BrN3O3S/c13-10-3-8(5-14)1-2-11(10)16-6-9(4-12(16)17)7-20(15,18)19/h1-3,9H,4,6-7H2,(H2,15,18,19). The van der Waals surface area contributed by atoms with E-state index in [1.807, 2.05) is 6.07 Å². The van der Waals surface area contributed by atoms with Crippen LogP contribution in [0, 0.1) is 17.2 Å². The third kappa shape index (κ3) is 3.36. The summed E-state index contributed by atoms with van der Waals surface area (Å²) < 4.78 is 22.8. The number of primary sulfonamides is 1. The molecule has 1 unspecified atom stereocenters. The first-order valence-corrected chi connectivity index (χ1v) is 8.31. The summed E-state index contributed by atoms with van der Waals surface area (Å²) in [6, 6.07) is 6.91. The van der Waals surface area contributed by atoms with E-state index in [0.717, 1.165) is 0 Å². The molecule has 1 saturated heterocycles. The van der Waals surface area contributed by atoms with Crippen LogP contribution in [0.4, 0.5) is 5.69 Å². The minimum atomic E-state index is -3.59. The molecular formula is C12H12BrN3O3S. The van der Waals surface area contributed by atoms with Gasteiger partial charge >= 0.3 is 0 Å². The van der Waals surface area contributed by atoms with Gasteiger partial charge in [-0.1, -0.05) is 0 Å². The number of sulfonamides is 1. The van der Waals surface area contributed by atoms with Gasteiger partial charge in [0.05, 0.1) is 23.1 Å². The normalized spacial score (nSPS) is 19.1. The summed E-state index contributed by atoms with van der Waals surface area (Å²) in [7, 11) is -3.59. The van der Waals surface area contributed by atoms with E-state index in [4.69, 9.17) is 10.4 Å². The lowest BCUT2D eigenvalue weighted by atomic mass is 10.1. The molecule has 2 rings (SSSR count). The van der Waals surface area contributed by atoms with Crippen molar-refractivity contribution in [2.24, 2.45) is 11.1 Å². The first-order valence-electron chi connectivity index (χ1n) is 5.80. The second kappa shape index (κ2) is 5.52. The number of carbonyl (C=O) groups is 1. The Morgan fingerprint density at radius 1 is 1.50 bits per heavy atom. The molecule has 6 nitrogen and oxygen atoms in total.